The molecule has 0 unspecified atom stereocenters. The minimum atomic E-state index is -0.483. The SMILES string of the molecule is Cc1c(Sc2cccc(CO)c2)c2ccc(Cl)c(F)c2n1-c1cnn(-c2cccc(Cl)c2)c1. The molecule has 2 heterocycles. The number of benzene rings is 3. The van der Waals surface area contributed by atoms with E-state index in [9.17, 15) is 5.11 Å². The lowest BCUT2D eigenvalue weighted by Gasteiger charge is -2.07. The predicted octanol–water partition coefficient (Wildman–Crippen LogP) is 7.21. The summed E-state index contributed by atoms with van der Waals surface area (Å²) in [6.07, 6.45) is 3.52. The Balaban J connectivity index is 1.68. The van der Waals surface area contributed by atoms with Crippen LogP contribution in [0.5, 0.6) is 0 Å². The van der Waals surface area contributed by atoms with E-state index in [1.54, 1.807) is 23.0 Å². The van der Waals surface area contributed by atoms with Gasteiger partial charge in [-0.1, -0.05) is 53.2 Å². The number of halogens is 3. The highest BCUT2D eigenvalue weighted by Crippen LogP contribution is 2.42. The van der Waals surface area contributed by atoms with Gasteiger partial charge in [-0.2, -0.15) is 5.10 Å². The van der Waals surface area contributed by atoms with Gasteiger partial charge in [0.15, 0.2) is 5.82 Å². The molecule has 2 aromatic heterocycles. The van der Waals surface area contributed by atoms with Crippen LogP contribution in [0.3, 0.4) is 0 Å². The van der Waals surface area contributed by atoms with E-state index in [0.717, 1.165) is 32.1 Å². The Labute approximate surface area is 204 Å². The van der Waals surface area contributed by atoms with Crippen LogP contribution in [0, 0.1) is 12.7 Å². The molecule has 0 radical (unpaired) electrons. The average Bonchev–Trinajstić information content (AvgIpc) is 3.40. The van der Waals surface area contributed by atoms with Crippen molar-refractivity contribution in [2.24, 2.45) is 0 Å². The van der Waals surface area contributed by atoms with Crippen molar-refractivity contribution >= 4 is 45.9 Å². The fourth-order valence-corrected chi connectivity index (χ4v) is 5.31. The third kappa shape index (κ3) is 4.04. The van der Waals surface area contributed by atoms with E-state index in [1.165, 1.54) is 11.8 Å². The molecule has 0 fully saturated rings. The minimum Gasteiger partial charge on any atom is -0.392 e. The molecule has 1 N–H and O–H groups in total. The molecular weight excluding hydrogens is 480 g/mol. The van der Waals surface area contributed by atoms with Gasteiger partial charge in [0.1, 0.15) is 0 Å². The van der Waals surface area contributed by atoms with E-state index in [0.29, 0.717) is 16.2 Å². The summed E-state index contributed by atoms with van der Waals surface area (Å²) >= 11 is 13.8. The summed E-state index contributed by atoms with van der Waals surface area (Å²) in [6.45, 7) is 1.91. The Morgan fingerprint density at radius 3 is 2.64 bits per heavy atom. The molecule has 0 amide bonds. The molecule has 0 aliphatic carbocycles. The lowest BCUT2D eigenvalue weighted by atomic mass is 10.2. The summed E-state index contributed by atoms with van der Waals surface area (Å²) in [7, 11) is 0. The Hall–Kier alpha value is -2.77. The third-order valence-electron chi connectivity index (χ3n) is 5.40. The van der Waals surface area contributed by atoms with Crippen LogP contribution < -0.4 is 0 Å². The zero-order chi connectivity index (χ0) is 23.1. The third-order valence-corrected chi connectivity index (χ3v) is 7.14. The highest BCUT2D eigenvalue weighted by atomic mass is 35.5. The fourth-order valence-electron chi connectivity index (χ4n) is 3.87. The number of nitrogens with zero attached hydrogens (tertiary/aromatic N) is 3. The maximum atomic E-state index is 15.3. The van der Waals surface area contributed by atoms with Crippen LogP contribution in [0.2, 0.25) is 10.0 Å². The highest BCUT2D eigenvalue weighted by molar-refractivity contribution is 7.99. The first-order valence-corrected chi connectivity index (χ1v) is 11.7. The first kappa shape index (κ1) is 22.0. The number of rotatable bonds is 5. The summed E-state index contributed by atoms with van der Waals surface area (Å²) in [5.74, 6) is -0.483. The number of hydrogen-bond donors (Lipinski definition) is 1. The standard InChI is InChI=1S/C25H18Cl2FN3OS/c1-15-25(33-20-7-2-4-16(10-20)14-32)21-8-9-22(27)23(28)24(21)31(15)19-12-29-30(13-19)18-6-3-5-17(26)11-18/h2-13,32H,14H2,1H3. The molecule has 0 atom stereocenters. The maximum Gasteiger partial charge on any atom is 0.166 e. The topological polar surface area (TPSA) is 43.0 Å². The van der Waals surface area contributed by atoms with E-state index in [1.807, 2.05) is 66.2 Å². The lowest BCUT2D eigenvalue weighted by Crippen LogP contribution is -1.98. The molecule has 3 aromatic carbocycles. The summed E-state index contributed by atoms with van der Waals surface area (Å²) < 4.78 is 18.9. The van der Waals surface area contributed by atoms with Crippen molar-refractivity contribution in [1.29, 1.82) is 0 Å². The zero-order valence-corrected chi connectivity index (χ0v) is 19.8. The van der Waals surface area contributed by atoms with Crippen LogP contribution in [0.1, 0.15) is 11.3 Å². The summed E-state index contributed by atoms with van der Waals surface area (Å²) in [6, 6.07) is 18.4. The largest absolute Gasteiger partial charge is 0.392 e. The number of aliphatic hydroxyl groups is 1. The number of aliphatic hydroxyl groups excluding tert-OH is 1. The molecule has 0 bridgehead atoms. The molecule has 0 spiro atoms. The van der Waals surface area contributed by atoms with Gasteiger partial charge in [-0.05, 0) is 55.0 Å². The molecule has 33 heavy (non-hydrogen) atoms. The van der Waals surface area contributed by atoms with Crippen LogP contribution >= 0.6 is 35.0 Å². The summed E-state index contributed by atoms with van der Waals surface area (Å²) in [5.41, 5.74) is 3.58. The maximum absolute atomic E-state index is 15.3. The predicted molar refractivity (Wildman–Crippen MR) is 132 cm³/mol. The fraction of sp³-hybridized carbons (Fsp3) is 0.0800. The molecular formula is C25H18Cl2FN3OS. The molecule has 0 aliphatic rings. The normalized spacial score (nSPS) is 11.4. The first-order valence-electron chi connectivity index (χ1n) is 10.1. The molecule has 0 saturated carbocycles. The average molecular weight is 498 g/mol. The molecule has 8 heteroatoms. The molecule has 0 saturated heterocycles. The lowest BCUT2D eigenvalue weighted by molar-refractivity contribution is 0.281. The Kier molecular flexibility index (Phi) is 5.93. The number of fused-ring (bicyclic) bond motifs is 1. The van der Waals surface area contributed by atoms with Crippen LogP contribution in [0.15, 0.2) is 82.8 Å². The van der Waals surface area contributed by atoms with E-state index in [2.05, 4.69) is 5.10 Å². The smallest absolute Gasteiger partial charge is 0.166 e. The van der Waals surface area contributed by atoms with Gasteiger partial charge in [0.25, 0.3) is 0 Å². The first-order chi connectivity index (χ1) is 16.0. The van der Waals surface area contributed by atoms with Gasteiger partial charge in [0, 0.05) is 25.9 Å². The van der Waals surface area contributed by atoms with Crippen molar-refractivity contribution in [1.82, 2.24) is 14.3 Å². The second-order valence-corrected chi connectivity index (χ2v) is 9.47. The molecule has 0 aliphatic heterocycles. The van der Waals surface area contributed by atoms with Crippen LogP contribution in [0.4, 0.5) is 4.39 Å². The quantitative estimate of drug-likeness (QED) is 0.278. The van der Waals surface area contributed by atoms with Crippen LogP contribution in [-0.4, -0.2) is 19.5 Å². The van der Waals surface area contributed by atoms with Gasteiger partial charge in [-0.25, -0.2) is 9.07 Å². The minimum absolute atomic E-state index is 0.0396. The summed E-state index contributed by atoms with van der Waals surface area (Å²) in [4.78, 5) is 1.86. The van der Waals surface area contributed by atoms with Crippen molar-refractivity contribution in [3.8, 4) is 11.4 Å². The Morgan fingerprint density at radius 2 is 1.85 bits per heavy atom. The number of aromatic nitrogens is 3. The highest BCUT2D eigenvalue weighted by Gasteiger charge is 2.22. The Bertz CT molecular complexity index is 1490. The van der Waals surface area contributed by atoms with Crippen molar-refractivity contribution in [3.63, 3.8) is 0 Å². The van der Waals surface area contributed by atoms with E-state index in [4.69, 9.17) is 23.2 Å². The van der Waals surface area contributed by atoms with Crippen molar-refractivity contribution < 1.29 is 9.50 Å². The van der Waals surface area contributed by atoms with E-state index < -0.39 is 5.82 Å². The van der Waals surface area contributed by atoms with Crippen LogP contribution in [-0.2, 0) is 6.61 Å². The Morgan fingerprint density at radius 1 is 1.03 bits per heavy atom. The number of hydrogen-bond acceptors (Lipinski definition) is 3. The second kappa shape index (κ2) is 8.88. The second-order valence-electron chi connectivity index (χ2n) is 7.54. The van der Waals surface area contributed by atoms with Gasteiger partial charge < -0.3 is 9.67 Å². The van der Waals surface area contributed by atoms with Gasteiger partial charge in [-0.3, -0.25) is 0 Å². The molecule has 166 valence electrons. The van der Waals surface area contributed by atoms with E-state index in [-0.39, 0.29) is 11.6 Å². The van der Waals surface area contributed by atoms with Gasteiger partial charge in [-0.15, -0.1) is 0 Å². The monoisotopic (exact) mass is 497 g/mol. The van der Waals surface area contributed by atoms with Gasteiger partial charge in [0.2, 0.25) is 0 Å². The van der Waals surface area contributed by atoms with Crippen LogP contribution in [0.25, 0.3) is 22.3 Å². The van der Waals surface area contributed by atoms with Crippen molar-refractivity contribution in [3.05, 3.63) is 100 Å². The van der Waals surface area contributed by atoms with Gasteiger partial charge >= 0.3 is 0 Å². The van der Waals surface area contributed by atoms with E-state index >= 15 is 4.39 Å². The van der Waals surface area contributed by atoms with Crippen molar-refractivity contribution in [2.75, 3.05) is 0 Å². The zero-order valence-electron chi connectivity index (χ0n) is 17.5. The molecule has 4 nitrogen and oxygen atoms in total. The molecule has 5 rings (SSSR count). The summed E-state index contributed by atoms with van der Waals surface area (Å²) in [5, 5.41) is 15.4. The molecule has 5 aromatic rings. The van der Waals surface area contributed by atoms with Crippen molar-refractivity contribution in [2.45, 2.75) is 23.3 Å². The van der Waals surface area contributed by atoms with Gasteiger partial charge in [0.05, 0.1) is 40.9 Å².